The molecule has 1 heterocycles. The fourth-order valence-corrected chi connectivity index (χ4v) is 3.98. The minimum absolute atomic E-state index is 0.123. The third-order valence-corrected chi connectivity index (χ3v) is 5.25. The van der Waals surface area contributed by atoms with Crippen molar-refractivity contribution >= 4 is 23.4 Å². The number of halogens is 1. The highest BCUT2D eigenvalue weighted by Gasteiger charge is 2.15. The van der Waals surface area contributed by atoms with Gasteiger partial charge in [-0.1, -0.05) is 30.0 Å². The summed E-state index contributed by atoms with van der Waals surface area (Å²) in [7, 11) is 0. The zero-order valence-corrected chi connectivity index (χ0v) is 17.0. The van der Waals surface area contributed by atoms with Crippen molar-refractivity contribution in [3.8, 4) is 0 Å². The summed E-state index contributed by atoms with van der Waals surface area (Å²) in [6.07, 6.45) is 0.158. The number of aromatic nitrogens is 3. The second-order valence-electron chi connectivity index (χ2n) is 6.66. The summed E-state index contributed by atoms with van der Waals surface area (Å²) >= 11 is 1.52. The van der Waals surface area contributed by atoms with Crippen molar-refractivity contribution in [1.82, 2.24) is 14.8 Å². The van der Waals surface area contributed by atoms with Crippen LogP contribution >= 0.6 is 11.8 Å². The summed E-state index contributed by atoms with van der Waals surface area (Å²) in [5.74, 6) is 0.920. The van der Waals surface area contributed by atoms with Gasteiger partial charge in [0.15, 0.2) is 5.16 Å². The average Bonchev–Trinajstić information content (AvgIpc) is 3.01. The Hall–Kier alpha value is -2.67. The van der Waals surface area contributed by atoms with Crippen molar-refractivity contribution in [2.24, 2.45) is 0 Å². The van der Waals surface area contributed by atoms with Crippen molar-refractivity contribution < 1.29 is 9.18 Å². The molecular formula is C21H23FN4OS. The van der Waals surface area contributed by atoms with Crippen molar-refractivity contribution in [2.45, 2.75) is 44.6 Å². The fourth-order valence-electron chi connectivity index (χ4n) is 3.00. The zero-order chi connectivity index (χ0) is 20.1. The highest BCUT2D eigenvalue weighted by atomic mass is 32.2. The summed E-state index contributed by atoms with van der Waals surface area (Å²) in [5.41, 5.74) is 4.00. The maximum absolute atomic E-state index is 13.0. The number of anilines is 1. The Kier molecular flexibility index (Phi) is 6.46. The van der Waals surface area contributed by atoms with Crippen LogP contribution in [0.15, 0.2) is 47.6 Å². The lowest BCUT2D eigenvalue weighted by Gasteiger charge is -2.09. The standard InChI is InChI=1S/C21H23FN4OS/c1-4-26-19(12-20(27)23-18-10-14(2)9-15(3)11-18)24-25-21(26)28-13-16-5-7-17(22)8-6-16/h5-11H,4,12-13H2,1-3H3,(H,23,27). The number of amides is 1. The van der Waals surface area contributed by atoms with Gasteiger partial charge in [-0.25, -0.2) is 4.39 Å². The van der Waals surface area contributed by atoms with Gasteiger partial charge in [0, 0.05) is 18.0 Å². The second-order valence-corrected chi connectivity index (χ2v) is 7.60. The molecule has 2 aromatic carbocycles. The first-order chi connectivity index (χ1) is 13.4. The van der Waals surface area contributed by atoms with Gasteiger partial charge in [0.25, 0.3) is 0 Å². The number of hydrogen-bond donors (Lipinski definition) is 1. The van der Waals surface area contributed by atoms with E-state index in [-0.39, 0.29) is 18.1 Å². The summed E-state index contributed by atoms with van der Waals surface area (Å²) in [4.78, 5) is 12.5. The Morgan fingerprint density at radius 1 is 1.11 bits per heavy atom. The first-order valence-corrected chi connectivity index (χ1v) is 10.1. The first kappa shape index (κ1) is 20.1. The number of aryl methyl sites for hydroxylation is 2. The van der Waals surface area contributed by atoms with E-state index in [1.807, 2.05) is 37.5 Å². The van der Waals surface area contributed by atoms with Crippen molar-refractivity contribution in [3.63, 3.8) is 0 Å². The van der Waals surface area contributed by atoms with Gasteiger partial charge in [0.1, 0.15) is 11.6 Å². The number of nitrogens with zero attached hydrogens (tertiary/aromatic N) is 3. The third kappa shape index (κ3) is 5.19. The number of carbonyl (C=O) groups excluding carboxylic acids is 1. The van der Waals surface area contributed by atoms with Crippen LogP contribution in [0.5, 0.6) is 0 Å². The Morgan fingerprint density at radius 2 is 1.79 bits per heavy atom. The molecule has 3 rings (SSSR count). The molecule has 0 fully saturated rings. The number of carbonyl (C=O) groups is 1. The predicted molar refractivity (Wildman–Crippen MR) is 110 cm³/mol. The quantitative estimate of drug-likeness (QED) is 0.594. The van der Waals surface area contributed by atoms with Crippen LogP contribution in [0.1, 0.15) is 29.4 Å². The molecule has 0 atom stereocenters. The molecule has 0 aliphatic rings. The van der Waals surface area contributed by atoms with Gasteiger partial charge in [-0.3, -0.25) is 4.79 Å². The maximum atomic E-state index is 13.0. The number of rotatable bonds is 7. The van der Waals surface area contributed by atoms with Gasteiger partial charge in [-0.05, 0) is 61.7 Å². The number of nitrogens with one attached hydrogen (secondary N) is 1. The molecule has 0 unspecified atom stereocenters. The maximum Gasteiger partial charge on any atom is 0.232 e. The zero-order valence-electron chi connectivity index (χ0n) is 16.2. The van der Waals surface area contributed by atoms with Crippen LogP contribution < -0.4 is 5.32 Å². The van der Waals surface area contributed by atoms with Crippen LogP contribution in [0.25, 0.3) is 0 Å². The molecule has 1 N–H and O–H groups in total. The number of benzene rings is 2. The van der Waals surface area contributed by atoms with Crippen LogP contribution in [-0.2, 0) is 23.5 Å². The molecule has 0 aliphatic heterocycles. The van der Waals surface area contributed by atoms with E-state index in [0.29, 0.717) is 18.1 Å². The smallest absolute Gasteiger partial charge is 0.232 e. The molecule has 146 valence electrons. The summed E-state index contributed by atoms with van der Waals surface area (Å²) < 4.78 is 15.0. The van der Waals surface area contributed by atoms with Crippen molar-refractivity contribution in [1.29, 1.82) is 0 Å². The van der Waals surface area contributed by atoms with Gasteiger partial charge in [-0.15, -0.1) is 10.2 Å². The monoisotopic (exact) mass is 398 g/mol. The molecular weight excluding hydrogens is 375 g/mol. The lowest BCUT2D eigenvalue weighted by molar-refractivity contribution is -0.115. The molecule has 0 radical (unpaired) electrons. The molecule has 28 heavy (non-hydrogen) atoms. The lowest BCUT2D eigenvalue weighted by atomic mass is 10.1. The highest BCUT2D eigenvalue weighted by Crippen LogP contribution is 2.22. The Bertz CT molecular complexity index is 949. The van der Waals surface area contributed by atoms with Gasteiger partial charge < -0.3 is 9.88 Å². The van der Waals surface area contributed by atoms with Crippen LogP contribution in [0.2, 0.25) is 0 Å². The predicted octanol–water partition coefficient (Wildman–Crippen LogP) is 4.53. The lowest BCUT2D eigenvalue weighted by Crippen LogP contribution is -2.17. The molecule has 1 aromatic heterocycles. The topological polar surface area (TPSA) is 59.8 Å². The van der Waals surface area contributed by atoms with E-state index in [2.05, 4.69) is 21.6 Å². The van der Waals surface area contributed by atoms with Crippen LogP contribution in [-0.4, -0.2) is 20.7 Å². The fraction of sp³-hybridized carbons (Fsp3) is 0.286. The molecule has 0 saturated heterocycles. The SMILES string of the molecule is CCn1c(CC(=O)Nc2cc(C)cc(C)c2)nnc1SCc1ccc(F)cc1. The van der Waals surface area contributed by atoms with E-state index in [0.717, 1.165) is 27.5 Å². The van der Waals surface area contributed by atoms with Crippen molar-refractivity contribution in [2.75, 3.05) is 5.32 Å². The van der Waals surface area contributed by atoms with Gasteiger partial charge in [-0.2, -0.15) is 0 Å². The highest BCUT2D eigenvalue weighted by molar-refractivity contribution is 7.98. The summed E-state index contributed by atoms with van der Waals surface area (Å²) in [6, 6.07) is 12.4. The minimum Gasteiger partial charge on any atom is -0.326 e. The van der Waals surface area contributed by atoms with E-state index in [1.165, 1.54) is 23.9 Å². The molecule has 1 amide bonds. The summed E-state index contributed by atoms with van der Waals surface area (Å²) in [5, 5.41) is 12.1. The van der Waals surface area contributed by atoms with E-state index in [4.69, 9.17) is 0 Å². The third-order valence-electron chi connectivity index (χ3n) is 4.21. The number of thioether (sulfide) groups is 1. The second kappa shape index (κ2) is 9.01. The molecule has 3 aromatic rings. The minimum atomic E-state index is -0.248. The number of hydrogen-bond acceptors (Lipinski definition) is 4. The van der Waals surface area contributed by atoms with E-state index in [9.17, 15) is 9.18 Å². The molecule has 0 aliphatic carbocycles. The van der Waals surface area contributed by atoms with E-state index < -0.39 is 0 Å². The Labute approximate surface area is 168 Å². The van der Waals surface area contributed by atoms with E-state index >= 15 is 0 Å². The molecule has 7 heteroatoms. The van der Waals surface area contributed by atoms with Gasteiger partial charge in [0.05, 0.1) is 6.42 Å². The normalized spacial score (nSPS) is 10.9. The van der Waals surface area contributed by atoms with E-state index in [1.54, 1.807) is 12.1 Å². The van der Waals surface area contributed by atoms with Crippen LogP contribution in [0.3, 0.4) is 0 Å². The average molecular weight is 399 g/mol. The largest absolute Gasteiger partial charge is 0.326 e. The Balaban J connectivity index is 1.65. The molecule has 0 spiro atoms. The van der Waals surface area contributed by atoms with Gasteiger partial charge in [0.2, 0.25) is 5.91 Å². The Morgan fingerprint density at radius 3 is 2.43 bits per heavy atom. The van der Waals surface area contributed by atoms with Crippen LogP contribution in [0.4, 0.5) is 10.1 Å². The molecule has 5 nitrogen and oxygen atoms in total. The summed E-state index contributed by atoms with van der Waals surface area (Å²) in [6.45, 7) is 6.67. The molecule has 0 bridgehead atoms. The van der Waals surface area contributed by atoms with Gasteiger partial charge >= 0.3 is 0 Å². The molecule has 0 saturated carbocycles. The van der Waals surface area contributed by atoms with Crippen LogP contribution in [0, 0.1) is 19.7 Å². The van der Waals surface area contributed by atoms with Crippen molar-refractivity contribution in [3.05, 3.63) is 70.8 Å². The first-order valence-electron chi connectivity index (χ1n) is 9.12.